The molecule has 0 saturated carbocycles. The van der Waals surface area contributed by atoms with Crippen LogP contribution < -0.4 is 4.74 Å². The first-order chi connectivity index (χ1) is 12.5. The second kappa shape index (κ2) is 8.18. The SMILES string of the molecule is COc1ccc(F)cc1C(c1cccc(Br)c1)N1CCCCC1C(=O)O. The molecule has 2 atom stereocenters. The number of methoxy groups -OCH3 is 1. The van der Waals surface area contributed by atoms with Gasteiger partial charge in [0.05, 0.1) is 13.2 Å². The minimum absolute atomic E-state index is 0.371. The number of aliphatic carboxylic acids is 1. The van der Waals surface area contributed by atoms with Crippen LogP contribution in [0.2, 0.25) is 0 Å². The molecule has 1 aliphatic rings. The highest BCUT2D eigenvalue weighted by Crippen LogP contribution is 2.39. The maximum Gasteiger partial charge on any atom is 0.320 e. The Morgan fingerprint density at radius 1 is 1.31 bits per heavy atom. The minimum atomic E-state index is -0.847. The van der Waals surface area contributed by atoms with E-state index >= 15 is 0 Å². The monoisotopic (exact) mass is 421 g/mol. The second-order valence-corrected chi connectivity index (χ2v) is 7.35. The molecule has 1 heterocycles. The zero-order valence-corrected chi connectivity index (χ0v) is 16.1. The number of halogens is 2. The van der Waals surface area contributed by atoms with Gasteiger partial charge < -0.3 is 9.84 Å². The van der Waals surface area contributed by atoms with Crippen molar-refractivity contribution in [2.45, 2.75) is 31.3 Å². The van der Waals surface area contributed by atoms with E-state index < -0.39 is 18.1 Å². The van der Waals surface area contributed by atoms with Crippen LogP contribution in [0.15, 0.2) is 46.9 Å². The molecule has 138 valence electrons. The quantitative estimate of drug-likeness (QED) is 0.764. The van der Waals surface area contributed by atoms with Gasteiger partial charge in [-0.05, 0) is 55.3 Å². The summed E-state index contributed by atoms with van der Waals surface area (Å²) in [5, 5.41) is 9.73. The summed E-state index contributed by atoms with van der Waals surface area (Å²) in [5.41, 5.74) is 1.54. The number of carbonyl (C=O) groups is 1. The summed E-state index contributed by atoms with van der Waals surface area (Å²) >= 11 is 3.48. The Morgan fingerprint density at radius 3 is 2.81 bits per heavy atom. The summed E-state index contributed by atoms with van der Waals surface area (Å²) in [6.07, 6.45) is 2.36. The molecule has 1 fully saturated rings. The van der Waals surface area contributed by atoms with Gasteiger partial charge in [0.1, 0.15) is 17.6 Å². The van der Waals surface area contributed by atoms with Crippen molar-refractivity contribution >= 4 is 21.9 Å². The topological polar surface area (TPSA) is 49.8 Å². The summed E-state index contributed by atoms with van der Waals surface area (Å²) in [4.78, 5) is 13.8. The smallest absolute Gasteiger partial charge is 0.320 e. The third kappa shape index (κ3) is 3.91. The van der Waals surface area contributed by atoms with E-state index in [1.54, 1.807) is 13.2 Å². The highest BCUT2D eigenvalue weighted by molar-refractivity contribution is 9.10. The van der Waals surface area contributed by atoms with Crippen LogP contribution in [0.1, 0.15) is 36.4 Å². The zero-order chi connectivity index (χ0) is 18.7. The predicted octanol–water partition coefficient (Wildman–Crippen LogP) is 4.63. The number of carboxylic acid groups (broad SMARTS) is 1. The van der Waals surface area contributed by atoms with E-state index in [9.17, 15) is 14.3 Å². The van der Waals surface area contributed by atoms with Gasteiger partial charge in [0, 0.05) is 10.0 Å². The fourth-order valence-electron chi connectivity index (χ4n) is 3.67. The molecule has 0 radical (unpaired) electrons. The molecule has 0 aliphatic carbocycles. The van der Waals surface area contributed by atoms with Crippen LogP contribution in [0.25, 0.3) is 0 Å². The molecule has 1 saturated heterocycles. The third-order valence-corrected chi connectivity index (χ3v) is 5.30. The Kier molecular flexibility index (Phi) is 5.94. The van der Waals surface area contributed by atoms with E-state index in [2.05, 4.69) is 15.9 Å². The van der Waals surface area contributed by atoms with Gasteiger partial charge >= 0.3 is 5.97 Å². The van der Waals surface area contributed by atoms with Gasteiger partial charge in [-0.25, -0.2) is 4.39 Å². The Morgan fingerprint density at radius 2 is 2.12 bits per heavy atom. The number of piperidine rings is 1. The number of nitrogens with zero attached hydrogens (tertiary/aromatic N) is 1. The maximum absolute atomic E-state index is 14.1. The molecule has 4 nitrogen and oxygen atoms in total. The van der Waals surface area contributed by atoms with Gasteiger partial charge in [0.2, 0.25) is 0 Å². The Hall–Kier alpha value is -1.92. The van der Waals surface area contributed by atoms with E-state index in [1.807, 2.05) is 29.2 Å². The largest absolute Gasteiger partial charge is 0.496 e. The van der Waals surface area contributed by atoms with Crippen molar-refractivity contribution in [2.75, 3.05) is 13.7 Å². The van der Waals surface area contributed by atoms with Crippen LogP contribution in [0.4, 0.5) is 4.39 Å². The standard InChI is InChI=1S/C20H21BrFNO3/c1-26-18-9-8-15(22)12-16(18)19(13-5-4-6-14(21)11-13)23-10-3-2-7-17(23)20(24)25/h4-6,8-9,11-12,17,19H,2-3,7,10H2,1H3,(H,24,25). The van der Waals surface area contributed by atoms with Crippen LogP contribution in [-0.4, -0.2) is 35.7 Å². The number of carboxylic acids is 1. The number of hydrogen-bond donors (Lipinski definition) is 1. The number of likely N-dealkylation sites (tertiary alicyclic amines) is 1. The lowest BCUT2D eigenvalue weighted by Gasteiger charge is -2.40. The van der Waals surface area contributed by atoms with Crippen LogP contribution >= 0.6 is 15.9 Å². The first-order valence-corrected chi connectivity index (χ1v) is 9.38. The van der Waals surface area contributed by atoms with Crippen LogP contribution in [-0.2, 0) is 4.79 Å². The molecule has 2 aromatic carbocycles. The third-order valence-electron chi connectivity index (χ3n) is 4.81. The lowest BCUT2D eigenvalue weighted by Crippen LogP contribution is -2.47. The van der Waals surface area contributed by atoms with Gasteiger partial charge in [-0.2, -0.15) is 0 Å². The molecule has 1 aliphatic heterocycles. The average molecular weight is 422 g/mol. The van der Waals surface area contributed by atoms with E-state index in [0.29, 0.717) is 24.3 Å². The van der Waals surface area contributed by atoms with Crippen molar-refractivity contribution < 1.29 is 19.0 Å². The second-order valence-electron chi connectivity index (χ2n) is 6.43. The highest BCUT2D eigenvalue weighted by atomic mass is 79.9. The van der Waals surface area contributed by atoms with Gasteiger partial charge in [-0.1, -0.05) is 34.5 Å². The fraction of sp³-hybridized carbons (Fsp3) is 0.350. The van der Waals surface area contributed by atoms with Crippen molar-refractivity contribution in [2.24, 2.45) is 0 Å². The van der Waals surface area contributed by atoms with E-state index in [0.717, 1.165) is 22.9 Å². The summed E-state index contributed by atoms with van der Waals surface area (Å²) in [7, 11) is 1.54. The minimum Gasteiger partial charge on any atom is -0.496 e. The zero-order valence-electron chi connectivity index (χ0n) is 14.5. The Bertz CT molecular complexity index is 798. The summed E-state index contributed by atoms with van der Waals surface area (Å²) in [5.74, 6) is -0.671. The molecule has 6 heteroatoms. The fourth-order valence-corrected chi connectivity index (χ4v) is 4.09. The van der Waals surface area contributed by atoms with Crippen molar-refractivity contribution in [1.82, 2.24) is 4.90 Å². The molecule has 0 bridgehead atoms. The summed E-state index contributed by atoms with van der Waals surface area (Å²) < 4.78 is 20.4. The van der Waals surface area contributed by atoms with Crippen LogP contribution in [0.3, 0.4) is 0 Å². The maximum atomic E-state index is 14.1. The van der Waals surface area contributed by atoms with E-state index in [-0.39, 0.29) is 5.82 Å². The van der Waals surface area contributed by atoms with Crippen LogP contribution in [0, 0.1) is 5.82 Å². The normalized spacial score (nSPS) is 19.1. The highest BCUT2D eigenvalue weighted by Gasteiger charge is 2.36. The molecule has 2 unspecified atom stereocenters. The lowest BCUT2D eigenvalue weighted by atomic mass is 9.91. The van der Waals surface area contributed by atoms with Crippen molar-refractivity contribution in [1.29, 1.82) is 0 Å². The molecular weight excluding hydrogens is 401 g/mol. The number of benzene rings is 2. The number of rotatable bonds is 5. The molecule has 2 aromatic rings. The summed E-state index contributed by atoms with van der Waals surface area (Å²) in [6.45, 7) is 0.633. The molecule has 0 spiro atoms. The summed E-state index contributed by atoms with van der Waals surface area (Å²) in [6, 6.07) is 11.1. The van der Waals surface area contributed by atoms with Crippen LogP contribution in [0.5, 0.6) is 5.75 Å². The molecule has 3 rings (SSSR count). The van der Waals surface area contributed by atoms with Gasteiger partial charge in [-0.15, -0.1) is 0 Å². The molecule has 0 aromatic heterocycles. The molecule has 0 amide bonds. The average Bonchev–Trinajstić information content (AvgIpc) is 2.62. The van der Waals surface area contributed by atoms with E-state index in [4.69, 9.17) is 4.74 Å². The van der Waals surface area contributed by atoms with Crippen molar-refractivity contribution in [3.05, 3.63) is 63.9 Å². The van der Waals surface area contributed by atoms with Gasteiger partial charge in [0.15, 0.2) is 0 Å². The first kappa shape index (κ1) is 18.9. The van der Waals surface area contributed by atoms with Gasteiger partial charge in [0.25, 0.3) is 0 Å². The molecule has 1 N–H and O–H groups in total. The van der Waals surface area contributed by atoms with Crippen molar-refractivity contribution in [3.63, 3.8) is 0 Å². The van der Waals surface area contributed by atoms with Crippen molar-refractivity contribution in [3.8, 4) is 5.75 Å². The van der Waals surface area contributed by atoms with Gasteiger partial charge in [-0.3, -0.25) is 9.69 Å². The Labute approximate surface area is 160 Å². The lowest BCUT2D eigenvalue weighted by molar-refractivity contribution is -0.145. The molecule has 26 heavy (non-hydrogen) atoms. The number of hydrogen-bond acceptors (Lipinski definition) is 3. The van der Waals surface area contributed by atoms with E-state index in [1.165, 1.54) is 12.1 Å². The first-order valence-electron chi connectivity index (χ1n) is 8.58. The Balaban J connectivity index is 2.17. The predicted molar refractivity (Wildman–Crippen MR) is 101 cm³/mol. The molecular formula is C20H21BrFNO3. The number of ether oxygens (including phenoxy) is 1.